The lowest BCUT2D eigenvalue weighted by Crippen LogP contribution is -2.26. The minimum absolute atomic E-state index is 0.305. The van der Waals surface area contributed by atoms with E-state index in [0.29, 0.717) is 28.7 Å². The third-order valence-corrected chi connectivity index (χ3v) is 3.39. The molecule has 2 aromatic rings. The fourth-order valence-corrected chi connectivity index (χ4v) is 2.35. The molecule has 0 radical (unpaired) electrons. The molecule has 0 bridgehead atoms. The summed E-state index contributed by atoms with van der Waals surface area (Å²) in [6.07, 6.45) is 3.51. The Labute approximate surface area is 136 Å². The zero-order valence-corrected chi connectivity index (χ0v) is 13.7. The van der Waals surface area contributed by atoms with E-state index in [2.05, 4.69) is 18.1 Å². The molecule has 5 heteroatoms. The molecule has 1 heterocycles. The predicted octanol–water partition coefficient (Wildman–Crippen LogP) is 3.31. The second-order valence-electron chi connectivity index (χ2n) is 5.04. The van der Waals surface area contributed by atoms with Gasteiger partial charge >= 0.3 is 0 Å². The SMILES string of the molecule is C=C(N)N(C(=C)c1cncc(C)c1)c1c(OC)cccc1OC. The zero-order chi connectivity index (χ0) is 17.0. The summed E-state index contributed by atoms with van der Waals surface area (Å²) in [7, 11) is 3.18. The molecule has 0 fully saturated rings. The highest BCUT2D eigenvalue weighted by Crippen LogP contribution is 2.42. The summed E-state index contributed by atoms with van der Waals surface area (Å²) in [5.41, 5.74) is 9.18. The van der Waals surface area contributed by atoms with Crippen molar-refractivity contribution < 1.29 is 9.47 Å². The number of nitrogens with two attached hydrogens (primary N) is 1. The minimum atomic E-state index is 0.305. The van der Waals surface area contributed by atoms with Gasteiger partial charge in [0.15, 0.2) is 0 Å². The van der Waals surface area contributed by atoms with E-state index in [1.54, 1.807) is 31.5 Å². The van der Waals surface area contributed by atoms with Crippen LogP contribution in [0.5, 0.6) is 11.5 Å². The summed E-state index contributed by atoms with van der Waals surface area (Å²) < 4.78 is 10.9. The molecule has 23 heavy (non-hydrogen) atoms. The van der Waals surface area contributed by atoms with Crippen molar-refractivity contribution in [3.63, 3.8) is 0 Å². The Morgan fingerprint density at radius 1 is 1.13 bits per heavy atom. The van der Waals surface area contributed by atoms with Crippen LogP contribution in [0.3, 0.4) is 0 Å². The Bertz CT molecular complexity index is 719. The van der Waals surface area contributed by atoms with Crippen LogP contribution in [0.25, 0.3) is 5.70 Å². The van der Waals surface area contributed by atoms with Crippen LogP contribution in [0.15, 0.2) is 55.6 Å². The first-order valence-electron chi connectivity index (χ1n) is 7.06. The maximum Gasteiger partial charge on any atom is 0.146 e. The van der Waals surface area contributed by atoms with Gasteiger partial charge < -0.3 is 15.2 Å². The molecule has 0 aliphatic carbocycles. The molecule has 5 nitrogen and oxygen atoms in total. The topological polar surface area (TPSA) is 60.6 Å². The largest absolute Gasteiger partial charge is 0.494 e. The Balaban J connectivity index is 2.60. The van der Waals surface area contributed by atoms with Crippen LogP contribution in [-0.2, 0) is 0 Å². The van der Waals surface area contributed by atoms with Crippen molar-refractivity contribution in [3.05, 3.63) is 66.8 Å². The van der Waals surface area contributed by atoms with Crippen molar-refractivity contribution >= 4 is 11.4 Å². The minimum Gasteiger partial charge on any atom is -0.494 e. The number of methoxy groups -OCH3 is 2. The average Bonchev–Trinajstić information content (AvgIpc) is 2.54. The lowest BCUT2D eigenvalue weighted by Gasteiger charge is -2.29. The summed E-state index contributed by atoms with van der Waals surface area (Å²) in [5, 5.41) is 0. The summed E-state index contributed by atoms with van der Waals surface area (Å²) in [6.45, 7) is 9.98. The molecular weight excluding hydrogens is 290 g/mol. The lowest BCUT2D eigenvalue weighted by molar-refractivity contribution is 0.396. The second-order valence-corrected chi connectivity index (χ2v) is 5.04. The Morgan fingerprint density at radius 3 is 2.22 bits per heavy atom. The van der Waals surface area contributed by atoms with E-state index in [0.717, 1.165) is 11.1 Å². The monoisotopic (exact) mass is 311 g/mol. The molecule has 0 atom stereocenters. The number of para-hydroxylation sites is 1. The van der Waals surface area contributed by atoms with Gasteiger partial charge in [-0.1, -0.05) is 19.2 Å². The number of ether oxygens (including phenoxy) is 2. The first-order valence-corrected chi connectivity index (χ1v) is 7.06. The standard InChI is InChI=1S/C18H21N3O2/c1-12-9-15(11-20-10-12)13(2)21(14(3)19)18-16(22-4)7-6-8-17(18)23-5/h6-11H,2-3,19H2,1,4-5H3. The molecule has 0 spiro atoms. The number of hydrogen-bond acceptors (Lipinski definition) is 5. The third-order valence-electron chi connectivity index (χ3n) is 3.39. The van der Waals surface area contributed by atoms with Gasteiger partial charge in [-0.3, -0.25) is 9.88 Å². The van der Waals surface area contributed by atoms with Crippen molar-refractivity contribution in [2.45, 2.75) is 6.92 Å². The highest BCUT2D eigenvalue weighted by molar-refractivity contribution is 5.86. The van der Waals surface area contributed by atoms with Crippen molar-refractivity contribution in [2.24, 2.45) is 5.73 Å². The highest BCUT2D eigenvalue weighted by Gasteiger charge is 2.22. The van der Waals surface area contributed by atoms with E-state index >= 15 is 0 Å². The van der Waals surface area contributed by atoms with Gasteiger partial charge in [0, 0.05) is 23.7 Å². The number of benzene rings is 1. The van der Waals surface area contributed by atoms with Crippen LogP contribution < -0.4 is 20.1 Å². The van der Waals surface area contributed by atoms with Gasteiger partial charge in [0.2, 0.25) is 0 Å². The second kappa shape index (κ2) is 6.87. The van der Waals surface area contributed by atoms with E-state index in [1.165, 1.54) is 0 Å². The summed E-state index contributed by atoms with van der Waals surface area (Å²) >= 11 is 0. The Hall–Kier alpha value is -2.95. The van der Waals surface area contributed by atoms with Gasteiger partial charge in [-0.2, -0.15) is 0 Å². The molecule has 0 amide bonds. The number of anilines is 1. The Morgan fingerprint density at radius 2 is 1.74 bits per heavy atom. The molecule has 0 saturated heterocycles. The van der Waals surface area contributed by atoms with Gasteiger partial charge in [0.25, 0.3) is 0 Å². The molecule has 1 aromatic carbocycles. The first kappa shape index (κ1) is 16.4. The van der Waals surface area contributed by atoms with Crippen LogP contribution in [0.1, 0.15) is 11.1 Å². The van der Waals surface area contributed by atoms with Gasteiger partial charge in [-0.05, 0) is 30.7 Å². The van der Waals surface area contributed by atoms with E-state index in [-0.39, 0.29) is 0 Å². The molecule has 0 saturated carbocycles. The van der Waals surface area contributed by atoms with Crippen LogP contribution in [0, 0.1) is 6.92 Å². The summed E-state index contributed by atoms with van der Waals surface area (Å²) in [4.78, 5) is 5.91. The molecule has 0 aliphatic rings. The third kappa shape index (κ3) is 3.29. The van der Waals surface area contributed by atoms with Crippen molar-refractivity contribution in [2.75, 3.05) is 19.1 Å². The maximum atomic E-state index is 6.03. The number of hydrogen-bond donors (Lipinski definition) is 1. The normalized spacial score (nSPS) is 10.0. The molecule has 120 valence electrons. The van der Waals surface area contributed by atoms with Crippen molar-refractivity contribution in [1.29, 1.82) is 0 Å². The van der Waals surface area contributed by atoms with E-state index in [9.17, 15) is 0 Å². The zero-order valence-electron chi connectivity index (χ0n) is 13.7. The van der Waals surface area contributed by atoms with Crippen molar-refractivity contribution in [3.8, 4) is 11.5 Å². The summed E-state index contributed by atoms with van der Waals surface area (Å²) in [6, 6.07) is 7.48. The van der Waals surface area contributed by atoms with Gasteiger partial charge in [0.05, 0.1) is 14.2 Å². The molecule has 0 aliphatic heterocycles. The number of pyridine rings is 1. The predicted molar refractivity (Wildman–Crippen MR) is 93.4 cm³/mol. The van der Waals surface area contributed by atoms with Crippen molar-refractivity contribution in [1.82, 2.24) is 4.98 Å². The maximum absolute atomic E-state index is 6.03. The van der Waals surface area contributed by atoms with Crippen LogP contribution in [0.4, 0.5) is 5.69 Å². The smallest absolute Gasteiger partial charge is 0.146 e. The average molecular weight is 311 g/mol. The molecule has 2 N–H and O–H groups in total. The van der Waals surface area contributed by atoms with Crippen LogP contribution in [0.2, 0.25) is 0 Å². The van der Waals surface area contributed by atoms with Gasteiger partial charge in [-0.25, -0.2) is 0 Å². The molecule has 1 aromatic heterocycles. The van der Waals surface area contributed by atoms with Gasteiger partial charge in [-0.15, -0.1) is 0 Å². The lowest BCUT2D eigenvalue weighted by atomic mass is 10.1. The van der Waals surface area contributed by atoms with E-state index in [4.69, 9.17) is 15.2 Å². The molecule has 0 unspecified atom stereocenters. The highest BCUT2D eigenvalue weighted by atomic mass is 16.5. The quantitative estimate of drug-likeness (QED) is 0.887. The van der Waals surface area contributed by atoms with E-state index in [1.807, 2.05) is 31.2 Å². The molecule has 2 rings (SSSR count). The fraction of sp³-hybridized carbons (Fsp3) is 0.167. The van der Waals surface area contributed by atoms with Crippen LogP contribution >= 0.6 is 0 Å². The van der Waals surface area contributed by atoms with E-state index < -0.39 is 0 Å². The number of aromatic nitrogens is 1. The summed E-state index contributed by atoms with van der Waals surface area (Å²) in [5.74, 6) is 1.52. The number of rotatable bonds is 6. The van der Waals surface area contributed by atoms with Gasteiger partial charge in [0.1, 0.15) is 23.0 Å². The Kier molecular flexibility index (Phi) is 4.91. The number of nitrogens with zero attached hydrogens (tertiary/aromatic N) is 2. The molecular formula is C18H21N3O2. The fourth-order valence-electron chi connectivity index (χ4n) is 2.35. The van der Waals surface area contributed by atoms with Crippen LogP contribution in [-0.4, -0.2) is 19.2 Å². The first-order chi connectivity index (χ1) is 11.0. The number of aryl methyl sites for hydroxylation is 1.